The van der Waals surface area contributed by atoms with E-state index in [1.807, 2.05) is 42.5 Å². The van der Waals surface area contributed by atoms with Crippen LogP contribution in [0.3, 0.4) is 0 Å². The fourth-order valence-corrected chi connectivity index (χ4v) is 17.2. The Labute approximate surface area is 489 Å². The van der Waals surface area contributed by atoms with E-state index >= 15 is 0 Å². The molecule has 0 unspecified atom stereocenters. The highest BCUT2D eigenvalue weighted by Gasteiger charge is 2.74. The lowest BCUT2D eigenvalue weighted by Gasteiger charge is -2.62. The predicted octanol–water partition coefficient (Wildman–Crippen LogP) is 4.34. The van der Waals surface area contributed by atoms with E-state index < -0.39 is 57.9 Å². The second-order valence-corrected chi connectivity index (χ2v) is 26.1. The van der Waals surface area contributed by atoms with E-state index in [0.29, 0.717) is 79.6 Å². The summed E-state index contributed by atoms with van der Waals surface area (Å²) in [5.74, 6) is 0.778. The summed E-state index contributed by atoms with van der Waals surface area (Å²) in [7, 11) is 0. The molecule has 4 bridgehead atoms. The number of aliphatic imine (C=N–C) groups is 1. The van der Waals surface area contributed by atoms with Crippen molar-refractivity contribution in [2.45, 2.75) is 130 Å². The number of aromatic amines is 2. The van der Waals surface area contributed by atoms with Gasteiger partial charge in [0.1, 0.15) is 0 Å². The monoisotopic (exact) mass is 1150 g/mol. The van der Waals surface area contributed by atoms with Crippen molar-refractivity contribution in [1.29, 1.82) is 0 Å². The number of para-hydroxylation sites is 1. The van der Waals surface area contributed by atoms with Gasteiger partial charge < -0.3 is 72.2 Å². The summed E-state index contributed by atoms with van der Waals surface area (Å²) in [4.78, 5) is 68.3. The molecule has 2 saturated heterocycles. The first-order valence-corrected chi connectivity index (χ1v) is 30.6. The number of carbonyl (C=O) groups excluding carboxylic acids is 4. The predicted molar refractivity (Wildman–Crippen MR) is 315 cm³/mol. The van der Waals surface area contributed by atoms with E-state index in [-0.39, 0.29) is 62.0 Å². The number of rotatable bonds is 17. The zero-order valence-corrected chi connectivity index (χ0v) is 47.2. The number of nitrogens with one attached hydrogen (secondary N) is 7. The SMILES string of the molecule is NC(=NCCCNC(=O)CNC(=O)CCC(=O)NCC(=O)Nc1cccc2c3c([nH]c12)[C@@H]1Oc2c(O)ccc4c2[C@@]12CCN(CC1CC1)[C@H](C4)[C@]2(O)C3)Nc1ccc2[nH]c3c(c2c1)C[C@@]1(O)[C@H]2Cc4ccc(O)c5c4[C@@]1(CCN2CC1CC1)[C@H]3O5. The number of nitrogens with two attached hydrogens (primary N) is 1. The minimum absolute atomic E-state index is 0.0651. The molecule has 4 aliphatic heterocycles. The van der Waals surface area contributed by atoms with Gasteiger partial charge in [-0.15, -0.1) is 0 Å². The molecule has 2 spiro atoms. The Morgan fingerprint density at radius 1 is 0.671 bits per heavy atom. The Balaban J connectivity index is 0.492. The second-order valence-electron chi connectivity index (χ2n) is 26.1. The number of H-pyrrole nitrogens is 2. The fraction of sp³-hybridized carbons (Fsp3) is 0.484. The van der Waals surface area contributed by atoms with Crippen LogP contribution in [0.15, 0.2) is 65.7 Å². The van der Waals surface area contributed by atoms with E-state index in [1.54, 1.807) is 18.2 Å². The van der Waals surface area contributed by atoms with Crippen molar-refractivity contribution in [3.63, 3.8) is 0 Å². The average molecular weight is 1150 g/mol. The summed E-state index contributed by atoms with van der Waals surface area (Å²) in [6.45, 7) is 3.63. The largest absolute Gasteiger partial charge is 0.504 e. The molecule has 8 atom stereocenters. The van der Waals surface area contributed by atoms with Crippen LogP contribution in [0, 0.1) is 11.8 Å². The molecule has 6 aliphatic carbocycles. The molecule has 6 aromatic rings. The number of ether oxygens (including phenoxy) is 2. The van der Waals surface area contributed by atoms with Crippen LogP contribution >= 0.6 is 0 Å². The third kappa shape index (κ3) is 7.90. The number of hydrogen-bond donors (Lipinski definition) is 12. The van der Waals surface area contributed by atoms with Gasteiger partial charge in [0, 0.05) is 97.0 Å². The molecule has 21 heteroatoms. The third-order valence-electron chi connectivity index (χ3n) is 21.3. The van der Waals surface area contributed by atoms with Crippen molar-refractivity contribution in [3.05, 3.63) is 105 Å². The molecular weight excluding hydrogens is 1080 g/mol. The lowest BCUT2D eigenvalue weighted by atomic mass is 9.49. The maximum atomic E-state index is 13.4. The molecule has 21 nitrogen and oxygen atoms in total. The molecule has 13 N–H and O–H groups in total. The Morgan fingerprint density at radius 2 is 1.25 bits per heavy atom. The number of carbonyl (C=O) groups is 4. The number of amides is 4. The number of phenols is 2. The van der Waals surface area contributed by atoms with Crippen LogP contribution in [0.4, 0.5) is 11.4 Å². The quantitative estimate of drug-likeness (QED) is 0.0344. The van der Waals surface area contributed by atoms with Crippen LogP contribution in [0.2, 0.25) is 0 Å². The normalized spacial score (nSPS) is 28.8. The summed E-state index contributed by atoms with van der Waals surface area (Å²) in [6, 6.07) is 18.8. The average Bonchev–Trinajstić information content (AvgIpc) is 1.58. The first-order chi connectivity index (χ1) is 41.1. The van der Waals surface area contributed by atoms with Crippen molar-refractivity contribution in [3.8, 4) is 23.0 Å². The number of aromatic nitrogens is 2. The van der Waals surface area contributed by atoms with Gasteiger partial charge in [-0.3, -0.25) is 34.0 Å². The highest BCUT2D eigenvalue weighted by Crippen LogP contribution is 2.71. The van der Waals surface area contributed by atoms with Gasteiger partial charge in [0.15, 0.2) is 41.2 Å². The maximum absolute atomic E-state index is 13.4. The van der Waals surface area contributed by atoms with Gasteiger partial charge in [-0.1, -0.05) is 24.3 Å². The molecule has 2 aromatic heterocycles. The number of piperidine rings is 2. The summed E-state index contributed by atoms with van der Waals surface area (Å²) < 4.78 is 13.5. The molecule has 0 radical (unpaired) electrons. The minimum atomic E-state index is -1.16. The number of fused-ring (bicyclic) bond motifs is 8. The summed E-state index contributed by atoms with van der Waals surface area (Å²) in [5, 5.41) is 64.5. The van der Waals surface area contributed by atoms with Crippen molar-refractivity contribution < 1.29 is 49.1 Å². The van der Waals surface area contributed by atoms with Crippen LogP contribution in [0.5, 0.6) is 23.0 Å². The zero-order valence-electron chi connectivity index (χ0n) is 47.2. The standard InChI is InChI=1S/C64H71N11O10/c65-60(70-36-11-12-41-38(25-36)40-27-64(83)46-24-34-9-13-43(76)56-51(34)61(64,58(84-56)54(40)72-41)17-21-75(46)31-33-7-8-33)67-20-2-19-66-49(80)28-68-47(78)15-16-48(79)69-29-50(81)71-42-4-1-3-37-39-26-63(82)45-23-35-10-14-44(77)57-52(35)62(63,18-22-74(45)30-32-5-6-32)59(85-57)55(39)73-53(37)42/h1,3-4,9-14,25,32-33,45-46,58-59,72-73,76-77,82-83H,2,5-8,15-24,26-31H2,(H,66,80)(H,68,78)(H,69,79)(H,71,81)(H3,65,67,70)/t45-,46-,58+,59+,61+,62+,63-,64-/m1/s1. The van der Waals surface area contributed by atoms with Gasteiger partial charge in [-0.2, -0.15) is 0 Å². The first-order valence-electron chi connectivity index (χ1n) is 30.6. The minimum Gasteiger partial charge on any atom is -0.504 e. The van der Waals surface area contributed by atoms with E-state index in [9.17, 15) is 39.6 Å². The van der Waals surface area contributed by atoms with Gasteiger partial charge in [0.25, 0.3) is 0 Å². The van der Waals surface area contributed by atoms with E-state index in [0.717, 1.165) is 99.3 Å². The number of guanidine groups is 1. The fourth-order valence-electron chi connectivity index (χ4n) is 17.2. The lowest BCUT2D eigenvalue weighted by Crippen LogP contribution is -2.74. The Bertz CT molecular complexity index is 3890. The molecule has 16 rings (SSSR count). The van der Waals surface area contributed by atoms with Gasteiger partial charge in [-0.25, -0.2) is 0 Å². The van der Waals surface area contributed by atoms with Gasteiger partial charge in [0.05, 0.1) is 57.7 Å². The maximum Gasteiger partial charge on any atom is 0.243 e. The highest BCUT2D eigenvalue weighted by molar-refractivity contribution is 6.04. The number of benzene rings is 4. The van der Waals surface area contributed by atoms with E-state index in [4.69, 9.17) is 15.2 Å². The number of aromatic hydroxyl groups is 2. The van der Waals surface area contributed by atoms with Crippen molar-refractivity contribution >= 4 is 62.8 Å². The Hall–Kier alpha value is -7.85. The molecule has 2 saturated carbocycles. The Morgan fingerprint density at radius 3 is 1.85 bits per heavy atom. The number of phenolic OH excluding ortho intramolecular Hbond substituents is 2. The highest BCUT2D eigenvalue weighted by atomic mass is 16.5. The number of anilines is 2. The Kier molecular flexibility index (Phi) is 11.8. The number of aliphatic hydroxyl groups is 2. The van der Waals surface area contributed by atoms with Gasteiger partial charge in [-0.05, 0) is 141 Å². The summed E-state index contributed by atoms with van der Waals surface area (Å²) >= 11 is 0. The molecule has 442 valence electrons. The molecular formula is C64H71N11O10. The smallest absolute Gasteiger partial charge is 0.243 e. The number of hydrogen-bond acceptors (Lipinski definition) is 13. The molecule has 85 heavy (non-hydrogen) atoms. The van der Waals surface area contributed by atoms with Crippen molar-refractivity contribution in [1.82, 2.24) is 35.7 Å². The summed E-state index contributed by atoms with van der Waals surface area (Å²) in [5.41, 5.74) is 13.3. The van der Waals surface area contributed by atoms with Gasteiger partial charge in [0.2, 0.25) is 23.6 Å². The van der Waals surface area contributed by atoms with Crippen LogP contribution in [0.1, 0.15) is 115 Å². The van der Waals surface area contributed by atoms with Gasteiger partial charge >= 0.3 is 0 Å². The molecule has 10 aliphatic rings. The van der Waals surface area contributed by atoms with Crippen LogP contribution < -0.4 is 41.8 Å². The molecule has 4 amide bonds. The number of likely N-dealkylation sites (tertiary alicyclic amines) is 2. The number of nitrogens with zero attached hydrogens (tertiary/aromatic N) is 3. The first kappa shape index (κ1) is 52.7. The lowest BCUT2D eigenvalue weighted by molar-refractivity contribution is -0.173. The summed E-state index contributed by atoms with van der Waals surface area (Å²) in [6.07, 6.45) is 7.55. The van der Waals surface area contributed by atoms with Crippen LogP contribution in [-0.2, 0) is 55.7 Å². The topological polar surface area (TPSA) is 304 Å². The third-order valence-corrected chi connectivity index (χ3v) is 21.3. The zero-order chi connectivity index (χ0) is 57.9. The van der Waals surface area contributed by atoms with Crippen molar-refractivity contribution in [2.75, 3.05) is 63.0 Å². The molecule has 6 heterocycles. The van der Waals surface area contributed by atoms with Crippen LogP contribution in [0.25, 0.3) is 21.8 Å². The second kappa shape index (κ2) is 19.1. The van der Waals surface area contributed by atoms with Crippen LogP contribution in [-0.4, -0.2) is 145 Å². The van der Waals surface area contributed by atoms with Crippen molar-refractivity contribution in [2.24, 2.45) is 22.6 Å². The molecule has 4 fully saturated rings. The van der Waals surface area contributed by atoms with E-state index in [2.05, 4.69) is 51.3 Å². The van der Waals surface area contributed by atoms with E-state index in [1.165, 1.54) is 25.7 Å². The molecule has 4 aromatic carbocycles.